The van der Waals surface area contributed by atoms with Crippen LogP contribution in [-0.2, 0) is 11.2 Å². The van der Waals surface area contributed by atoms with Crippen LogP contribution < -0.4 is 0 Å². The number of aryl methyl sites for hydroxylation is 1. The van der Waals surface area contributed by atoms with Crippen molar-refractivity contribution in [2.45, 2.75) is 12.8 Å². The van der Waals surface area contributed by atoms with Crippen LogP contribution in [0.5, 0.6) is 0 Å². The van der Waals surface area contributed by atoms with E-state index in [0.717, 1.165) is 0 Å². The summed E-state index contributed by atoms with van der Waals surface area (Å²) >= 11 is 0. The molecule has 1 aromatic heterocycles. The van der Waals surface area contributed by atoms with Gasteiger partial charge in [0.25, 0.3) is 0 Å². The van der Waals surface area contributed by atoms with E-state index in [1.807, 2.05) is 12.2 Å². The second-order valence-corrected chi connectivity index (χ2v) is 5.99. The fourth-order valence-electron chi connectivity index (χ4n) is 3.27. The molecule has 1 N–H and O–H groups in total. The largest absolute Gasteiger partial charge is 0.846 e. The zero-order valence-electron chi connectivity index (χ0n) is 13.2. The van der Waals surface area contributed by atoms with E-state index in [0.29, 0.717) is 28.4 Å². The summed E-state index contributed by atoms with van der Waals surface area (Å²) in [5.41, 5.74) is 3.39. The Morgan fingerprint density at radius 1 is 1.16 bits per heavy atom. The Morgan fingerprint density at radius 3 is 2.64 bits per heavy atom. The van der Waals surface area contributed by atoms with Crippen LogP contribution in [0.1, 0.15) is 23.4 Å². The number of rotatable bonds is 4. The molecule has 0 unspecified atom stereocenters. The average molecular weight is 339 g/mol. The van der Waals surface area contributed by atoms with Gasteiger partial charge < -0.3 is 5.11 Å². The second-order valence-electron chi connectivity index (χ2n) is 5.99. The van der Waals surface area contributed by atoms with Gasteiger partial charge in [-0.2, -0.15) is 0 Å². The maximum Gasteiger partial charge on any atom is 0.846 e. The van der Waals surface area contributed by atoms with E-state index in [2.05, 4.69) is 0 Å². The summed E-state index contributed by atoms with van der Waals surface area (Å²) in [6, 6.07) is 9.45. The Labute approximate surface area is 143 Å². The van der Waals surface area contributed by atoms with E-state index >= 15 is 4.32 Å². The normalized spacial score (nSPS) is 15.3. The first-order valence-corrected chi connectivity index (χ1v) is 7.92. The van der Waals surface area contributed by atoms with Gasteiger partial charge in [-0.3, -0.25) is 9.27 Å². The molecule has 0 atom stereocenters. The van der Waals surface area contributed by atoms with Crippen molar-refractivity contribution in [2.24, 2.45) is 0 Å². The molecule has 0 fully saturated rings. The first kappa shape index (κ1) is 15.6. The molecular formula is C18H14BF2N2O2+. The van der Waals surface area contributed by atoms with Gasteiger partial charge in [0.15, 0.2) is 11.4 Å². The van der Waals surface area contributed by atoms with E-state index < -0.39 is 13.2 Å². The monoisotopic (exact) mass is 339 g/mol. The molecule has 0 aliphatic carbocycles. The molecule has 124 valence electrons. The number of halogens is 2. The fraction of sp³-hybridized carbons (Fsp3) is 0.111. The minimum atomic E-state index is -1.48. The third-order valence-corrected chi connectivity index (χ3v) is 4.44. The van der Waals surface area contributed by atoms with Crippen LogP contribution in [0.15, 0.2) is 54.2 Å². The maximum absolute atomic E-state index is 15.3. The van der Waals surface area contributed by atoms with Crippen LogP contribution in [0, 0.1) is 5.82 Å². The summed E-state index contributed by atoms with van der Waals surface area (Å²) in [7, 11) is -1.48. The summed E-state index contributed by atoms with van der Waals surface area (Å²) in [5, 5.41) is 8.88. The molecule has 0 radical (unpaired) electrons. The van der Waals surface area contributed by atoms with Crippen molar-refractivity contribution in [2.75, 3.05) is 0 Å². The molecule has 2 aliphatic heterocycles. The number of allylic oxidation sites excluding steroid dienone is 2. The van der Waals surface area contributed by atoms with E-state index in [1.165, 1.54) is 21.1 Å². The molecule has 2 aromatic rings. The Hall–Kier alpha value is -2.96. The second kappa shape index (κ2) is 5.84. The Balaban J connectivity index is 1.78. The number of hydrogen-bond acceptors (Lipinski definition) is 1. The molecule has 4 rings (SSSR count). The van der Waals surface area contributed by atoms with Gasteiger partial charge in [-0.25, -0.2) is 13.2 Å². The lowest BCUT2D eigenvalue weighted by atomic mass is 9.95. The van der Waals surface area contributed by atoms with Gasteiger partial charge in [0.05, 0.1) is 6.42 Å². The summed E-state index contributed by atoms with van der Waals surface area (Å²) in [6.07, 6.45) is 5.67. The predicted octanol–water partition coefficient (Wildman–Crippen LogP) is 2.87. The highest BCUT2D eigenvalue weighted by Crippen LogP contribution is 2.27. The maximum atomic E-state index is 15.3. The van der Waals surface area contributed by atoms with Crippen LogP contribution in [0.25, 0.3) is 6.08 Å². The van der Waals surface area contributed by atoms with Gasteiger partial charge in [-0.15, -0.1) is 0 Å². The van der Waals surface area contributed by atoms with Crippen LogP contribution in [0.4, 0.5) is 8.71 Å². The molecule has 0 spiro atoms. The Bertz CT molecular complexity index is 958. The van der Waals surface area contributed by atoms with Crippen molar-refractivity contribution in [1.82, 2.24) is 4.48 Å². The van der Waals surface area contributed by atoms with E-state index in [4.69, 9.17) is 5.11 Å². The number of aromatic nitrogens is 1. The van der Waals surface area contributed by atoms with Gasteiger partial charge in [0.1, 0.15) is 5.82 Å². The lowest BCUT2D eigenvalue weighted by Crippen LogP contribution is -2.40. The van der Waals surface area contributed by atoms with Crippen molar-refractivity contribution >= 4 is 25.0 Å². The average Bonchev–Trinajstić information content (AvgIpc) is 3.18. The lowest BCUT2D eigenvalue weighted by Gasteiger charge is -2.15. The van der Waals surface area contributed by atoms with E-state index in [-0.39, 0.29) is 18.7 Å². The number of hydrogen-bond donors (Lipinski definition) is 1. The zero-order chi connectivity index (χ0) is 17.6. The SMILES string of the molecule is O=C(O)CCc1ccc2n1B(F)[N+]1=C(c3ccc(F)cc3)C=CC1=C2. The molecule has 7 heteroatoms. The number of aliphatic carboxylic acids is 1. The number of benzene rings is 1. The van der Waals surface area contributed by atoms with Gasteiger partial charge in [0.2, 0.25) is 0 Å². The summed E-state index contributed by atoms with van der Waals surface area (Å²) in [5.74, 6) is -1.26. The van der Waals surface area contributed by atoms with Crippen LogP contribution in [-0.4, -0.2) is 33.0 Å². The number of carboxylic acid groups (broad SMARTS) is 1. The third kappa shape index (κ3) is 2.61. The highest BCUT2D eigenvalue weighted by molar-refractivity contribution is 6.43. The standard InChI is InChI=1S/C18H13BF2N2O2/c20-13-3-1-12(2-4-13)17-9-7-16-11-15-6-5-14(8-10-18(24)25)22(15)19(21)23(16)17/h1-7,9,11H,8,10H2/p+1. The number of fused-ring (bicyclic) bond motifs is 2. The molecule has 1 aromatic carbocycles. The molecule has 4 nitrogen and oxygen atoms in total. The lowest BCUT2D eigenvalue weighted by molar-refractivity contribution is -0.333. The quantitative estimate of drug-likeness (QED) is 0.871. The first-order valence-electron chi connectivity index (χ1n) is 7.92. The smallest absolute Gasteiger partial charge is 0.481 e. The van der Waals surface area contributed by atoms with Gasteiger partial charge in [-0.05, 0) is 42.8 Å². The molecular weight excluding hydrogens is 325 g/mol. The molecule has 3 heterocycles. The zero-order valence-corrected chi connectivity index (χ0v) is 13.2. The molecule has 0 saturated carbocycles. The first-order chi connectivity index (χ1) is 12.0. The highest BCUT2D eigenvalue weighted by Gasteiger charge is 2.47. The third-order valence-electron chi connectivity index (χ3n) is 4.44. The topological polar surface area (TPSA) is 45.2 Å². The van der Waals surface area contributed by atoms with E-state index in [9.17, 15) is 9.18 Å². The minimum absolute atomic E-state index is 0.0560. The van der Waals surface area contributed by atoms with Crippen LogP contribution in [0.2, 0.25) is 0 Å². The van der Waals surface area contributed by atoms with E-state index in [1.54, 1.807) is 30.3 Å². The molecule has 0 saturated heterocycles. The minimum Gasteiger partial charge on any atom is -0.481 e. The van der Waals surface area contributed by atoms with Crippen molar-refractivity contribution in [3.63, 3.8) is 0 Å². The number of carboxylic acids is 1. The summed E-state index contributed by atoms with van der Waals surface area (Å²) < 4.78 is 31.5. The molecule has 2 aliphatic rings. The van der Waals surface area contributed by atoms with Crippen molar-refractivity contribution < 1.29 is 23.1 Å². The Morgan fingerprint density at radius 2 is 1.92 bits per heavy atom. The van der Waals surface area contributed by atoms with Crippen molar-refractivity contribution in [3.05, 3.63) is 77.0 Å². The van der Waals surface area contributed by atoms with Crippen LogP contribution in [0.3, 0.4) is 0 Å². The number of carbonyl (C=O) groups is 1. The number of nitrogens with zero attached hydrogens (tertiary/aromatic N) is 2. The molecule has 0 amide bonds. The van der Waals surface area contributed by atoms with Gasteiger partial charge in [0, 0.05) is 35.2 Å². The van der Waals surface area contributed by atoms with Crippen molar-refractivity contribution in [3.8, 4) is 0 Å². The fourth-order valence-corrected chi connectivity index (χ4v) is 3.27. The predicted molar refractivity (Wildman–Crippen MR) is 90.5 cm³/mol. The Kier molecular flexibility index (Phi) is 3.64. The highest BCUT2D eigenvalue weighted by atomic mass is 19.1. The van der Waals surface area contributed by atoms with Crippen molar-refractivity contribution in [1.29, 1.82) is 0 Å². The molecule has 0 bridgehead atoms. The molecule has 25 heavy (non-hydrogen) atoms. The van der Waals surface area contributed by atoms with Crippen LogP contribution >= 0.6 is 0 Å². The van der Waals surface area contributed by atoms with Gasteiger partial charge >= 0.3 is 13.2 Å². The summed E-state index contributed by atoms with van der Waals surface area (Å²) in [6.45, 7) is 0. The van der Waals surface area contributed by atoms with Gasteiger partial charge in [-0.1, -0.05) is 0 Å². The summed E-state index contributed by atoms with van der Waals surface area (Å²) in [4.78, 5) is 10.8.